The maximum atomic E-state index is 11.9. The summed E-state index contributed by atoms with van der Waals surface area (Å²) in [6.07, 6.45) is 2.85. The Bertz CT molecular complexity index is 650. The van der Waals surface area contributed by atoms with Gasteiger partial charge in [0.15, 0.2) is 9.84 Å². The number of sulfone groups is 1. The second kappa shape index (κ2) is 6.84. The Balaban J connectivity index is 2.04. The summed E-state index contributed by atoms with van der Waals surface area (Å²) in [4.78, 5) is 18.4. The summed E-state index contributed by atoms with van der Waals surface area (Å²) in [6.45, 7) is 6.92. The molecule has 1 aliphatic heterocycles. The number of morpholine rings is 1. The zero-order chi connectivity index (χ0) is 17.2. The van der Waals surface area contributed by atoms with Crippen molar-refractivity contribution >= 4 is 27.2 Å². The molecule has 8 heteroatoms. The van der Waals surface area contributed by atoms with Gasteiger partial charge in [0.2, 0.25) is 5.91 Å². The number of ether oxygens (including phenoxy) is 1. The van der Waals surface area contributed by atoms with Crippen LogP contribution in [0.15, 0.2) is 18.3 Å². The average molecular weight is 341 g/mol. The van der Waals surface area contributed by atoms with E-state index < -0.39 is 21.0 Å². The van der Waals surface area contributed by atoms with Gasteiger partial charge in [-0.1, -0.05) is 0 Å². The summed E-state index contributed by atoms with van der Waals surface area (Å²) in [6, 6.07) is 3.53. The van der Waals surface area contributed by atoms with Gasteiger partial charge in [0.1, 0.15) is 11.1 Å². The summed E-state index contributed by atoms with van der Waals surface area (Å²) in [5, 5.41) is 1.48. The summed E-state index contributed by atoms with van der Waals surface area (Å²) in [7, 11) is -3.41. The highest BCUT2D eigenvalue weighted by Crippen LogP contribution is 2.19. The molecule has 0 aromatic carbocycles. The molecule has 1 N–H and O–H groups in total. The molecule has 1 aliphatic rings. The minimum Gasteiger partial charge on any atom is -0.372 e. The van der Waals surface area contributed by atoms with E-state index >= 15 is 0 Å². The topological polar surface area (TPSA) is 88.6 Å². The van der Waals surface area contributed by atoms with Crippen LogP contribution in [0.5, 0.6) is 0 Å². The maximum Gasteiger partial charge on any atom is 0.242 e. The lowest BCUT2D eigenvalue weighted by Gasteiger charge is -2.36. The number of hydrogen-bond acceptors (Lipinski definition) is 6. The number of aromatic nitrogens is 1. The lowest BCUT2D eigenvalue weighted by atomic mass is 10.2. The first-order valence-electron chi connectivity index (χ1n) is 7.53. The van der Waals surface area contributed by atoms with Crippen LogP contribution >= 0.6 is 0 Å². The van der Waals surface area contributed by atoms with Gasteiger partial charge in [-0.05, 0) is 32.9 Å². The number of amides is 1. The summed E-state index contributed by atoms with van der Waals surface area (Å²) >= 11 is 0. The minimum atomic E-state index is -3.41. The summed E-state index contributed by atoms with van der Waals surface area (Å²) in [5.74, 6) is 0.247. The van der Waals surface area contributed by atoms with Crippen LogP contribution in [0, 0.1) is 0 Å². The normalized spacial score (nSPS) is 23.4. The summed E-state index contributed by atoms with van der Waals surface area (Å²) in [5.41, 5.74) is 0.476. The van der Waals surface area contributed by atoms with Gasteiger partial charge in [-0.15, -0.1) is 0 Å². The monoisotopic (exact) mass is 341 g/mol. The SMILES string of the molecule is C[C@@H]1CN(c2ccc(NC(=O)[C@H](C)S(C)(=O)=O)cn2)C[C@@H](C)O1. The van der Waals surface area contributed by atoms with Crippen molar-refractivity contribution in [3.05, 3.63) is 18.3 Å². The van der Waals surface area contributed by atoms with Crippen molar-refractivity contribution in [1.29, 1.82) is 0 Å². The van der Waals surface area contributed by atoms with Gasteiger partial charge in [-0.25, -0.2) is 13.4 Å². The van der Waals surface area contributed by atoms with Crippen molar-refractivity contribution in [1.82, 2.24) is 4.98 Å². The van der Waals surface area contributed by atoms with Crippen molar-refractivity contribution in [3.8, 4) is 0 Å². The van der Waals surface area contributed by atoms with Crippen molar-refractivity contribution in [2.45, 2.75) is 38.2 Å². The molecule has 2 rings (SSSR count). The number of rotatable bonds is 4. The first-order valence-corrected chi connectivity index (χ1v) is 9.48. The Kier molecular flexibility index (Phi) is 5.26. The van der Waals surface area contributed by atoms with Crippen molar-refractivity contribution in [2.75, 3.05) is 29.6 Å². The third kappa shape index (κ3) is 4.65. The third-order valence-electron chi connectivity index (χ3n) is 3.77. The van der Waals surface area contributed by atoms with Gasteiger partial charge in [0, 0.05) is 19.3 Å². The van der Waals surface area contributed by atoms with Crippen LogP contribution in [0.25, 0.3) is 0 Å². The second-order valence-electron chi connectivity index (χ2n) is 6.03. The van der Waals surface area contributed by atoms with Crippen LogP contribution in [0.4, 0.5) is 11.5 Å². The van der Waals surface area contributed by atoms with E-state index in [-0.39, 0.29) is 12.2 Å². The fourth-order valence-corrected chi connectivity index (χ4v) is 2.90. The van der Waals surface area contributed by atoms with Crippen molar-refractivity contribution < 1.29 is 17.9 Å². The van der Waals surface area contributed by atoms with E-state index in [0.717, 1.165) is 25.2 Å². The van der Waals surface area contributed by atoms with Gasteiger partial charge in [0.05, 0.1) is 24.1 Å². The van der Waals surface area contributed by atoms with Crippen molar-refractivity contribution in [3.63, 3.8) is 0 Å². The summed E-state index contributed by atoms with van der Waals surface area (Å²) < 4.78 is 28.5. The van der Waals surface area contributed by atoms with Gasteiger partial charge in [-0.2, -0.15) is 0 Å². The lowest BCUT2D eigenvalue weighted by molar-refractivity contribution is -0.115. The van der Waals surface area contributed by atoms with Gasteiger partial charge in [-0.3, -0.25) is 4.79 Å². The van der Waals surface area contributed by atoms with E-state index in [0.29, 0.717) is 5.69 Å². The first kappa shape index (κ1) is 17.7. The molecule has 7 nitrogen and oxygen atoms in total. The maximum absolute atomic E-state index is 11.9. The van der Waals surface area contributed by atoms with E-state index in [4.69, 9.17) is 4.74 Å². The predicted molar refractivity (Wildman–Crippen MR) is 89.4 cm³/mol. The number of carbonyl (C=O) groups is 1. The smallest absolute Gasteiger partial charge is 0.242 e. The fraction of sp³-hybridized carbons (Fsp3) is 0.600. The Morgan fingerprint density at radius 2 is 1.96 bits per heavy atom. The standard InChI is InChI=1S/C15H23N3O4S/c1-10-8-18(9-11(2)22-10)14-6-5-13(7-16-14)17-15(19)12(3)23(4,20)21/h5-7,10-12H,8-9H2,1-4H3,(H,17,19)/t10-,11-,12+/m1/s1. The molecule has 0 saturated carbocycles. The molecule has 23 heavy (non-hydrogen) atoms. The lowest BCUT2D eigenvalue weighted by Crippen LogP contribution is -2.45. The number of hydrogen-bond donors (Lipinski definition) is 1. The molecule has 0 aliphatic carbocycles. The molecule has 128 valence electrons. The zero-order valence-corrected chi connectivity index (χ0v) is 14.6. The van der Waals surface area contributed by atoms with Crippen molar-refractivity contribution in [2.24, 2.45) is 0 Å². The highest BCUT2D eigenvalue weighted by molar-refractivity contribution is 7.92. The Labute approximate surface area is 137 Å². The van der Waals surface area contributed by atoms with Crippen LogP contribution in [0.2, 0.25) is 0 Å². The van der Waals surface area contributed by atoms with Crippen LogP contribution in [-0.2, 0) is 19.4 Å². The van der Waals surface area contributed by atoms with Crippen LogP contribution in [-0.4, -0.2) is 56.1 Å². The molecule has 0 bridgehead atoms. The number of anilines is 2. The van der Waals surface area contributed by atoms with E-state index in [1.165, 1.54) is 13.1 Å². The van der Waals surface area contributed by atoms with Crippen LogP contribution in [0.1, 0.15) is 20.8 Å². The van der Waals surface area contributed by atoms with Crippen LogP contribution < -0.4 is 10.2 Å². The molecule has 0 spiro atoms. The second-order valence-corrected chi connectivity index (χ2v) is 8.39. The van der Waals surface area contributed by atoms with E-state index in [2.05, 4.69) is 15.2 Å². The quantitative estimate of drug-likeness (QED) is 0.881. The van der Waals surface area contributed by atoms with E-state index in [1.54, 1.807) is 6.07 Å². The highest BCUT2D eigenvalue weighted by atomic mass is 32.2. The Morgan fingerprint density at radius 3 is 2.43 bits per heavy atom. The molecule has 1 amide bonds. The molecule has 0 radical (unpaired) electrons. The third-order valence-corrected chi connectivity index (χ3v) is 5.27. The Hall–Kier alpha value is -1.67. The number of nitrogens with one attached hydrogen (secondary N) is 1. The van der Waals surface area contributed by atoms with E-state index in [9.17, 15) is 13.2 Å². The minimum absolute atomic E-state index is 0.135. The molecule has 1 aromatic rings. The molecular formula is C15H23N3O4S. The number of carbonyl (C=O) groups excluding carboxylic acids is 1. The molecule has 2 heterocycles. The molecule has 3 atom stereocenters. The fourth-order valence-electron chi connectivity index (χ4n) is 2.45. The molecule has 1 saturated heterocycles. The average Bonchev–Trinajstić information content (AvgIpc) is 2.45. The van der Waals surface area contributed by atoms with Crippen LogP contribution in [0.3, 0.4) is 0 Å². The molecule has 0 unspecified atom stereocenters. The molecule has 1 fully saturated rings. The van der Waals surface area contributed by atoms with E-state index in [1.807, 2.05) is 19.9 Å². The predicted octanol–water partition coefficient (Wildman–Crippen LogP) is 1.07. The highest BCUT2D eigenvalue weighted by Gasteiger charge is 2.25. The molecular weight excluding hydrogens is 318 g/mol. The Morgan fingerprint density at radius 1 is 1.35 bits per heavy atom. The first-order chi connectivity index (χ1) is 10.7. The molecule has 1 aromatic heterocycles. The zero-order valence-electron chi connectivity index (χ0n) is 13.8. The van der Waals surface area contributed by atoms with Gasteiger partial charge < -0.3 is 15.0 Å². The van der Waals surface area contributed by atoms with Gasteiger partial charge >= 0.3 is 0 Å². The number of nitrogens with zero attached hydrogens (tertiary/aromatic N) is 2. The number of pyridine rings is 1. The van der Waals surface area contributed by atoms with Gasteiger partial charge in [0.25, 0.3) is 0 Å². The largest absolute Gasteiger partial charge is 0.372 e.